The summed E-state index contributed by atoms with van der Waals surface area (Å²) in [5.74, 6) is -2.40. The van der Waals surface area contributed by atoms with Crippen LogP contribution in [0.25, 0.3) is 6.08 Å². The molecule has 7 N–H and O–H groups in total. The Morgan fingerprint density at radius 3 is 2.38 bits per heavy atom. The van der Waals surface area contributed by atoms with Gasteiger partial charge in [-0.25, -0.2) is 0 Å². The molecule has 2 aromatic rings. The summed E-state index contributed by atoms with van der Waals surface area (Å²) in [6.07, 6.45) is -5.35. The zero-order valence-electron chi connectivity index (χ0n) is 30.5. The van der Waals surface area contributed by atoms with E-state index >= 15 is 0 Å². The maximum absolute atomic E-state index is 14.4. The van der Waals surface area contributed by atoms with Crippen LogP contribution < -0.4 is 10.6 Å². The summed E-state index contributed by atoms with van der Waals surface area (Å²) in [6, 6.07) is 14.3. The van der Waals surface area contributed by atoms with Gasteiger partial charge in [0, 0.05) is 38.8 Å². The van der Waals surface area contributed by atoms with Crippen molar-refractivity contribution in [2.24, 2.45) is 5.41 Å². The summed E-state index contributed by atoms with van der Waals surface area (Å²) in [4.78, 5) is 47.2. The van der Waals surface area contributed by atoms with E-state index in [1.54, 1.807) is 12.2 Å². The first-order valence-electron chi connectivity index (χ1n) is 19.0. The van der Waals surface area contributed by atoms with Crippen molar-refractivity contribution in [2.75, 3.05) is 32.9 Å². The van der Waals surface area contributed by atoms with Gasteiger partial charge in [-0.3, -0.25) is 19.2 Å². The Kier molecular flexibility index (Phi) is 11.0. The van der Waals surface area contributed by atoms with Crippen LogP contribution in [0, 0.1) is 5.41 Å². The fraction of sp³-hybridized carbons (Fsp3) is 0.564. The van der Waals surface area contributed by atoms with Gasteiger partial charge in [0.1, 0.15) is 54.2 Å². The van der Waals surface area contributed by atoms with E-state index < -0.39 is 90.8 Å². The van der Waals surface area contributed by atoms with Crippen LogP contribution in [0.3, 0.4) is 0 Å². The zero-order chi connectivity index (χ0) is 39.2. The minimum Gasteiger partial charge on any atom is -0.458 e. The molecular weight excluding hydrogens is 734 g/mol. The zero-order valence-corrected chi connectivity index (χ0v) is 30.5. The number of ether oxygens (including phenoxy) is 5. The van der Waals surface area contributed by atoms with Gasteiger partial charge in [-0.1, -0.05) is 60.7 Å². The molecule has 5 fully saturated rings. The number of aliphatic hydroxyl groups excluding tert-OH is 5. The Labute approximate surface area is 322 Å². The third-order valence-corrected chi connectivity index (χ3v) is 11.6. The molecule has 0 unspecified atom stereocenters. The van der Waals surface area contributed by atoms with Crippen molar-refractivity contribution < 1.29 is 68.4 Å². The van der Waals surface area contributed by atoms with Gasteiger partial charge in [0.15, 0.2) is 18.1 Å². The summed E-state index contributed by atoms with van der Waals surface area (Å²) < 4.78 is 30.4. The molecule has 2 aromatic carbocycles. The third kappa shape index (κ3) is 7.04. The van der Waals surface area contributed by atoms with E-state index in [0.717, 1.165) is 22.3 Å². The Balaban J connectivity index is 0.977. The highest BCUT2D eigenvalue weighted by Gasteiger charge is 2.76. The molecule has 6 aliphatic rings. The number of benzene rings is 2. The summed E-state index contributed by atoms with van der Waals surface area (Å²) in [5.41, 5.74) is 2.36. The van der Waals surface area contributed by atoms with Crippen LogP contribution in [-0.2, 0) is 62.3 Å². The number of hydrogen-bond acceptors (Lipinski definition) is 15. The highest BCUT2D eigenvalue weighted by molar-refractivity contribution is 5.94. The normalized spacial score (nSPS) is 35.3. The summed E-state index contributed by atoms with van der Waals surface area (Å²) in [6.45, 7) is -0.541. The lowest BCUT2D eigenvalue weighted by atomic mass is 9.62. The van der Waals surface area contributed by atoms with Gasteiger partial charge in [-0.2, -0.15) is 5.06 Å². The largest absolute Gasteiger partial charge is 0.458 e. The smallest absolute Gasteiger partial charge is 0.327 e. The van der Waals surface area contributed by atoms with Crippen molar-refractivity contribution in [1.29, 1.82) is 0 Å². The molecule has 2 aliphatic carbocycles. The quantitative estimate of drug-likeness (QED) is 0.111. The monoisotopic (exact) mass is 781 g/mol. The van der Waals surface area contributed by atoms with Crippen LogP contribution in [0.4, 0.5) is 0 Å². The second kappa shape index (κ2) is 15.8. The van der Waals surface area contributed by atoms with Gasteiger partial charge in [-0.15, -0.1) is 0 Å². The number of esters is 1. The molecule has 17 heteroatoms. The molecule has 56 heavy (non-hydrogen) atoms. The van der Waals surface area contributed by atoms with Crippen LogP contribution in [0.15, 0.2) is 54.6 Å². The first-order chi connectivity index (χ1) is 27.1. The van der Waals surface area contributed by atoms with Gasteiger partial charge < -0.3 is 59.9 Å². The number of carbonyl (C=O) groups excluding carboxylic acids is 3. The van der Waals surface area contributed by atoms with Crippen molar-refractivity contribution in [3.05, 3.63) is 76.9 Å². The van der Waals surface area contributed by atoms with Crippen molar-refractivity contribution in [3.63, 3.8) is 0 Å². The molecule has 1 spiro atoms. The van der Waals surface area contributed by atoms with E-state index in [1.165, 1.54) is 5.06 Å². The van der Waals surface area contributed by atoms with Gasteiger partial charge in [0.25, 0.3) is 0 Å². The van der Waals surface area contributed by atoms with Gasteiger partial charge in [0.05, 0.1) is 26.4 Å². The Bertz CT molecular complexity index is 1780. The lowest BCUT2D eigenvalue weighted by Crippen LogP contribution is -2.69. The van der Waals surface area contributed by atoms with E-state index in [2.05, 4.69) is 10.6 Å². The third-order valence-electron chi connectivity index (χ3n) is 11.6. The molecule has 0 radical (unpaired) electrons. The molecular formula is C39H47N3O14. The Hall–Kier alpha value is -3.85. The number of hydrogen-bond donors (Lipinski definition) is 7. The van der Waals surface area contributed by atoms with Crippen molar-refractivity contribution in [3.8, 4) is 0 Å². The average molecular weight is 782 g/mol. The molecule has 11 atom stereocenters. The Morgan fingerprint density at radius 2 is 1.66 bits per heavy atom. The number of nitrogens with zero attached hydrogens (tertiary/aromatic N) is 1. The number of aliphatic hydroxyl groups is 5. The van der Waals surface area contributed by atoms with Crippen LogP contribution in [0.5, 0.6) is 0 Å². The molecule has 0 aromatic heterocycles. The molecule has 17 nitrogen and oxygen atoms in total. The van der Waals surface area contributed by atoms with E-state index in [-0.39, 0.29) is 51.6 Å². The number of fused-ring (bicyclic) bond motifs is 5. The highest BCUT2D eigenvalue weighted by Crippen LogP contribution is 2.58. The number of hydroxylamine groups is 2. The molecule has 302 valence electrons. The van der Waals surface area contributed by atoms with E-state index in [0.29, 0.717) is 12.8 Å². The Morgan fingerprint density at radius 1 is 0.929 bits per heavy atom. The van der Waals surface area contributed by atoms with Crippen molar-refractivity contribution in [2.45, 2.75) is 99.2 Å². The maximum Gasteiger partial charge on any atom is 0.327 e. The molecule has 1 saturated carbocycles. The topological polar surface area (TPSA) is 235 Å². The molecule has 8 rings (SSSR count). The van der Waals surface area contributed by atoms with Crippen LogP contribution in [0.2, 0.25) is 0 Å². The lowest BCUT2D eigenvalue weighted by molar-refractivity contribution is -0.298. The number of carbonyl (C=O) groups is 3. The summed E-state index contributed by atoms with van der Waals surface area (Å²) in [5, 5.41) is 55.6. The lowest BCUT2D eigenvalue weighted by Gasteiger charge is -2.48. The molecule has 4 heterocycles. The minimum absolute atomic E-state index is 0.00294. The highest BCUT2D eigenvalue weighted by atomic mass is 16.8. The first-order valence-corrected chi connectivity index (χ1v) is 19.0. The minimum atomic E-state index is -1.54. The van der Waals surface area contributed by atoms with Crippen molar-refractivity contribution in [1.82, 2.24) is 15.7 Å². The first kappa shape index (κ1) is 39.0. The molecule has 2 bridgehead atoms. The number of nitrogens with one attached hydrogen (secondary N) is 2. The fourth-order valence-electron chi connectivity index (χ4n) is 8.95. The molecule has 4 saturated heterocycles. The average Bonchev–Trinajstić information content (AvgIpc) is 3.87. The van der Waals surface area contributed by atoms with Gasteiger partial charge in [-0.05, 0) is 22.3 Å². The van der Waals surface area contributed by atoms with E-state index in [1.807, 2.05) is 48.5 Å². The number of rotatable bonds is 13. The number of amides is 2. The predicted octanol–water partition coefficient (Wildman–Crippen LogP) is -1.79. The van der Waals surface area contributed by atoms with Crippen LogP contribution >= 0.6 is 0 Å². The van der Waals surface area contributed by atoms with E-state index in [9.17, 15) is 34.8 Å². The van der Waals surface area contributed by atoms with E-state index in [4.69, 9.17) is 33.6 Å². The van der Waals surface area contributed by atoms with Gasteiger partial charge in [0.2, 0.25) is 11.8 Å². The summed E-state index contributed by atoms with van der Waals surface area (Å²) in [7, 11) is 0. The second-order valence-electron chi connectivity index (χ2n) is 15.2. The molecule has 4 aliphatic heterocycles. The maximum atomic E-state index is 14.4. The van der Waals surface area contributed by atoms with Crippen LogP contribution in [0.1, 0.15) is 35.1 Å². The standard InChI is InChI=1S/C39H47N3O14/c43-14-13-40-27(45)11-12-41-37(50)39-18-25-31-32(55-38(54-31)16-23-5-1-2-6-24(23)17-38)34(39)56-42(33(39)35(49)52-25)19-22-9-7-21(8-10-22)4-3-15-51-36-30(48)29(47)28(46)26(20-44)53-36/h1-10,25-26,28-34,36,43-44,46-48H,11-20H2,(H,40,45)(H,41,50)/t25-,26-,28+,29+,30-,31+,32+,33+,34-,36+,39+/m1/s1. The SMILES string of the molecule is O=C(CCNC(=O)[C@@]12C[C@H]3OC(=O)[C@@H]1N(Cc1ccc(C=CCO[C@H]4O[C@H](CO)[C@H](O)[C@H](O)[C@H]4O)cc1)O[C@@H]2[C@H]1OC2(Cc4ccccc4C2)O[C@H]13)NCCO. The van der Waals surface area contributed by atoms with Crippen molar-refractivity contribution >= 4 is 23.9 Å². The molecule has 2 amide bonds. The fourth-order valence-corrected chi connectivity index (χ4v) is 8.95. The van der Waals surface area contributed by atoms with Gasteiger partial charge >= 0.3 is 5.97 Å². The second-order valence-corrected chi connectivity index (χ2v) is 15.2. The predicted molar refractivity (Wildman–Crippen MR) is 190 cm³/mol. The van der Waals surface area contributed by atoms with Crippen LogP contribution in [-0.4, -0.2) is 148 Å². The summed E-state index contributed by atoms with van der Waals surface area (Å²) >= 11 is 0.